The van der Waals surface area contributed by atoms with Crippen LogP contribution in [0.5, 0.6) is 0 Å². The van der Waals surface area contributed by atoms with Crippen molar-refractivity contribution >= 4 is 14.8 Å². The summed E-state index contributed by atoms with van der Waals surface area (Å²) in [6.07, 6.45) is 15.9. The van der Waals surface area contributed by atoms with Crippen molar-refractivity contribution in [1.29, 1.82) is 0 Å². The van der Waals surface area contributed by atoms with Gasteiger partial charge in [0.05, 0.1) is 5.60 Å². The average Bonchev–Trinajstić information content (AvgIpc) is 3.14. The molecule has 0 aliphatic heterocycles. The molecular formula is C23H40O2Si. The fraction of sp³-hybridized carbons (Fsp3) is 0.870. The SMILES string of the molecule is C[SiH](C)OC(C=CC1CCC2C(=O)CCC12)(C1CCCCC1)C(C)(C)C. The van der Waals surface area contributed by atoms with Crippen molar-refractivity contribution in [2.75, 3.05) is 0 Å². The lowest BCUT2D eigenvalue weighted by molar-refractivity contribution is -0.120. The molecule has 26 heavy (non-hydrogen) atoms. The van der Waals surface area contributed by atoms with E-state index in [-0.39, 0.29) is 11.0 Å². The normalized spacial score (nSPS) is 33.2. The summed E-state index contributed by atoms with van der Waals surface area (Å²) in [5.41, 5.74) is -0.0270. The van der Waals surface area contributed by atoms with Gasteiger partial charge in [-0.15, -0.1) is 0 Å². The number of ketones is 1. The van der Waals surface area contributed by atoms with Crippen LogP contribution in [0.3, 0.4) is 0 Å². The summed E-state index contributed by atoms with van der Waals surface area (Å²) in [6, 6.07) is 0. The second kappa shape index (κ2) is 7.91. The smallest absolute Gasteiger partial charge is 0.172 e. The quantitative estimate of drug-likeness (QED) is 0.440. The van der Waals surface area contributed by atoms with E-state index < -0.39 is 9.04 Å². The number of rotatable bonds is 5. The number of hydrogen-bond acceptors (Lipinski definition) is 2. The first-order valence-electron chi connectivity index (χ1n) is 11.1. The van der Waals surface area contributed by atoms with Crippen LogP contribution in [0.2, 0.25) is 13.1 Å². The second-order valence-corrected chi connectivity index (χ2v) is 12.8. The van der Waals surface area contributed by atoms with Crippen LogP contribution >= 0.6 is 0 Å². The fourth-order valence-corrected chi connectivity index (χ4v) is 7.55. The molecule has 3 heteroatoms. The van der Waals surface area contributed by atoms with Crippen molar-refractivity contribution in [3.8, 4) is 0 Å². The minimum atomic E-state index is -1.17. The van der Waals surface area contributed by atoms with Gasteiger partial charge in [-0.05, 0) is 68.4 Å². The van der Waals surface area contributed by atoms with E-state index in [4.69, 9.17) is 4.43 Å². The van der Waals surface area contributed by atoms with Gasteiger partial charge in [-0.25, -0.2) is 0 Å². The average molecular weight is 377 g/mol. The zero-order valence-corrected chi connectivity index (χ0v) is 18.9. The molecule has 0 amide bonds. The third-order valence-electron chi connectivity index (χ3n) is 7.42. The van der Waals surface area contributed by atoms with Crippen molar-refractivity contribution in [2.24, 2.45) is 29.1 Å². The lowest BCUT2D eigenvalue weighted by atomic mass is 9.64. The Morgan fingerprint density at radius 3 is 2.31 bits per heavy atom. The fourth-order valence-electron chi connectivity index (χ4n) is 6.15. The van der Waals surface area contributed by atoms with Crippen LogP contribution in [-0.2, 0) is 9.22 Å². The molecule has 0 N–H and O–H groups in total. The van der Waals surface area contributed by atoms with Gasteiger partial charge in [0.1, 0.15) is 5.78 Å². The Bertz CT molecular complexity index is 527. The third-order valence-corrected chi connectivity index (χ3v) is 8.28. The predicted molar refractivity (Wildman–Crippen MR) is 112 cm³/mol. The summed E-state index contributed by atoms with van der Waals surface area (Å²) in [5.74, 6) is 2.74. The summed E-state index contributed by atoms with van der Waals surface area (Å²) in [4.78, 5) is 12.1. The van der Waals surface area contributed by atoms with E-state index in [0.29, 0.717) is 29.5 Å². The Morgan fingerprint density at radius 2 is 1.69 bits per heavy atom. The van der Waals surface area contributed by atoms with Crippen LogP contribution in [-0.4, -0.2) is 20.4 Å². The van der Waals surface area contributed by atoms with Crippen LogP contribution in [0.25, 0.3) is 0 Å². The predicted octanol–water partition coefficient (Wildman–Crippen LogP) is 5.91. The van der Waals surface area contributed by atoms with E-state index in [0.717, 1.165) is 19.3 Å². The molecule has 2 nitrogen and oxygen atoms in total. The Labute approximate surface area is 162 Å². The van der Waals surface area contributed by atoms with Gasteiger partial charge in [0.15, 0.2) is 9.04 Å². The standard InChI is InChI=1S/C23H40O2Si/c1-22(2,3)23(25-26(4)5,18-9-7-6-8-10-18)16-15-17-11-12-20-19(17)13-14-21(20)24/h15-20,26H,6-14H2,1-5H3. The molecule has 3 aliphatic carbocycles. The minimum Gasteiger partial charge on any atom is -0.411 e. The molecule has 0 aromatic rings. The van der Waals surface area contributed by atoms with Gasteiger partial charge >= 0.3 is 0 Å². The zero-order valence-electron chi connectivity index (χ0n) is 17.7. The van der Waals surface area contributed by atoms with Crippen molar-refractivity contribution in [3.63, 3.8) is 0 Å². The number of Topliss-reactive ketones (excluding diaryl/α,β-unsaturated/α-hetero) is 1. The summed E-state index contributed by atoms with van der Waals surface area (Å²) >= 11 is 0. The maximum Gasteiger partial charge on any atom is 0.172 e. The van der Waals surface area contributed by atoms with Crippen LogP contribution < -0.4 is 0 Å². The minimum absolute atomic E-state index is 0.103. The van der Waals surface area contributed by atoms with Crippen LogP contribution in [0.4, 0.5) is 0 Å². The molecular weight excluding hydrogens is 336 g/mol. The molecule has 0 spiro atoms. The van der Waals surface area contributed by atoms with Crippen LogP contribution in [0.1, 0.15) is 78.6 Å². The topological polar surface area (TPSA) is 26.3 Å². The van der Waals surface area contributed by atoms with Gasteiger partial charge in [-0.1, -0.05) is 52.2 Å². The van der Waals surface area contributed by atoms with Crippen LogP contribution in [0, 0.1) is 29.1 Å². The molecule has 0 aromatic heterocycles. The number of carbonyl (C=O) groups is 1. The first-order chi connectivity index (χ1) is 12.2. The Morgan fingerprint density at radius 1 is 1.00 bits per heavy atom. The molecule has 3 rings (SSSR count). The van der Waals surface area contributed by atoms with E-state index in [1.807, 2.05) is 0 Å². The molecule has 3 fully saturated rings. The number of allylic oxidation sites excluding steroid dienone is 1. The molecule has 3 aliphatic rings. The monoisotopic (exact) mass is 376 g/mol. The van der Waals surface area contributed by atoms with Gasteiger partial charge < -0.3 is 4.43 Å². The molecule has 0 bridgehead atoms. The Kier molecular flexibility index (Phi) is 6.18. The van der Waals surface area contributed by atoms with E-state index in [1.165, 1.54) is 38.5 Å². The highest BCUT2D eigenvalue weighted by Crippen LogP contribution is 2.50. The molecule has 148 valence electrons. The van der Waals surface area contributed by atoms with Gasteiger partial charge in [0, 0.05) is 12.3 Å². The second-order valence-electron chi connectivity index (χ2n) is 10.4. The van der Waals surface area contributed by atoms with Gasteiger partial charge in [-0.2, -0.15) is 0 Å². The van der Waals surface area contributed by atoms with Gasteiger partial charge in [0.2, 0.25) is 0 Å². The van der Waals surface area contributed by atoms with Crippen molar-refractivity contribution in [1.82, 2.24) is 0 Å². The zero-order chi connectivity index (χ0) is 18.9. The number of hydrogen-bond donors (Lipinski definition) is 0. The molecule has 4 unspecified atom stereocenters. The van der Waals surface area contributed by atoms with E-state index >= 15 is 0 Å². The van der Waals surface area contributed by atoms with E-state index in [2.05, 4.69) is 46.0 Å². The Balaban J connectivity index is 1.88. The molecule has 3 saturated carbocycles. The molecule has 0 saturated heterocycles. The Hall–Kier alpha value is -0.413. The highest BCUT2D eigenvalue weighted by molar-refractivity contribution is 6.48. The van der Waals surface area contributed by atoms with Crippen molar-refractivity contribution < 1.29 is 9.22 Å². The third kappa shape index (κ3) is 3.89. The molecule has 0 heterocycles. The summed E-state index contributed by atoms with van der Waals surface area (Å²) in [7, 11) is -1.17. The number of carbonyl (C=O) groups excluding carboxylic acids is 1. The first kappa shape index (κ1) is 20.3. The van der Waals surface area contributed by atoms with Gasteiger partial charge in [0.25, 0.3) is 0 Å². The summed E-state index contributed by atoms with van der Waals surface area (Å²) < 4.78 is 6.92. The molecule has 0 aromatic carbocycles. The van der Waals surface area contributed by atoms with E-state index in [1.54, 1.807) is 0 Å². The summed E-state index contributed by atoms with van der Waals surface area (Å²) in [5, 5.41) is 0. The molecule has 0 radical (unpaired) electrons. The molecule has 4 atom stereocenters. The number of fused-ring (bicyclic) bond motifs is 1. The van der Waals surface area contributed by atoms with Gasteiger partial charge in [-0.3, -0.25) is 4.79 Å². The summed E-state index contributed by atoms with van der Waals surface area (Å²) in [6.45, 7) is 11.8. The lowest BCUT2D eigenvalue weighted by Crippen LogP contribution is -2.52. The first-order valence-corrected chi connectivity index (χ1v) is 13.9. The lowest BCUT2D eigenvalue weighted by Gasteiger charge is -2.51. The maximum absolute atomic E-state index is 12.1. The highest BCUT2D eigenvalue weighted by atomic mass is 28.3. The maximum atomic E-state index is 12.1. The largest absolute Gasteiger partial charge is 0.411 e. The van der Waals surface area contributed by atoms with Crippen molar-refractivity contribution in [2.45, 2.75) is 97.3 Å². The highest BCUT2D eigenvalue weighted by Gasteiger charge is 2.49. The van der Waals surface area contributed by atoms with E-state index in [9.17, 15) is 4.79 Å². The van der Waals surface area contributed by atoms with Crippen molar-refractivity contribution in [3.05, 3.63) is 12.2 Å². The van der Waals surface area contributed by atoms with Crippen LogP contribution in [0.15, 0.2) is 12.2 Å².